The molecule has 3 heteroatoms. The summed E-state index contributed by atoms with van der Waals surface area (Å²) >= 11 is 0. The van der Waals surface area contributed by atoms with E-state index in [1.807, 2.05) is 40.0 Å². The number of hydrogen-bond acceptors (Lipinski definition) is 3. The fraction of sp³-hybridized carbons (Fsp3) is 0.632. The predicted octanol–water partition coefficient (Wildman–Crippen LogP) is 4.30. The average Bonchev–Trinajstić information content (AvgIpc) is 2.61. The third-order valence-corrected chi connectivity index (χ3v) is 3.63. The second-order valence-corrected chi connectivity index (χ2v) is 4.83. The molecular formula is C19H35N3. The summed E-state index contributed by atoms with van der Waals surface area (Å²) in [4.78, 5) is 9.43. The molecule has 0 amide bonds. The van der Waals surface area contributed by atoms with Gasteiger partial charge in [0.1, 0.15) is 0 Å². The standard InChI is InChI=1S/C15H23N3.2C2H6/c1-4-13-7-6-8-16-15(13)14(5-2)18-11-9-17(3)10-12-18;2*1-2/h5-8H,4,9-12H2,1-3H3;2*1-2H3/b14-5+;;. The molecule has 1 aromatic heterocycles. The van der Waals surface area contributed by atoms with Crippen molar-refractivity contribution < 1.29 is 0 Å². The van der Waals surface area contributed by atoms with Crippen LogP contribution in [0.5, 0.6) is 0 Å². The highest BCUT2D eigenvalue weighted by molar-refractivity contribution is 5.63. The number of likely N-dealkylation sites (N-methyl/N-ethyl adjacent to an activating group) is 1. The lowest BCUT2D eigenvalue weighted by molar-refractivity contribution is 0.206. The van der Waals surface area contributed by atoms with Crippen molar-refractivity contribution in [2.75, 3.05) is 33.2 Å². The maximum absolute atomic E-state index is 4.59. The lowest BCUT2D eigenvalue weighted by atomic mass is 10.1. The SMILES string of the molecule is C/C=C(\c1ncccc1CC)N1CCN(C)CC1.CC.CC. The smallest absolute Gasteiger partial charge is 0.0891 e. The van der Waals surface area contributed by atoms with E-state index in [9.17, 15) is 0 Å². The van der Waals surface area contributed by atoms with Crippen LogP contribution < -0.4 is 0 Å². The molecule has 1 fully saturated rings. The Kier molecular flexibility index (Phi) is 11.5. The van der Waals surface area contributed by atoms with Crippen molar-refractivity contribution in [3.8, 4) is 0 Å². The number of nitrogens with zero attached hydrogens (tertiary/aromatic N) is 3. The molecular weight excluding hydrogens is 270 g/mol. The molecule has 0 spiro atoms. The first kappa shape index (κ1) is 20.6. The molecule has 0 bridgehead atoms. The van der Waals surface area contributed by atoms with Crippen LogP contribution in [0.4, 0.5) is 0 Å². The normalized spacial score (nSPS) is 15.4. The molecule has 2 heterocycles. The Hall–Kier alpha value is -1.35. The van der Waals surface area contributed by atoms with Gasteiger partial charge in [0.05, 0.1) is 11.4 Å². The molecule has 1 aliphatic heterocycles. The number of allylic oxidation sites excluding steroid dienone is 1. The van der Waals surface area contributed by atoms with Crippen molar-refractivity contribution in [2.45, 2.75) is 48.0 Å². The molecule has 126 valence electrons. The summed E-state index contributed by atoms with van der Waals surface area (Å²) in [5.41, 5.74) is 3.79. The van der Waals surface area contributed by atoms with E-state index >= 15 is 0 Å². The van der Waals surface area contributed by atoms with Crippen LogP contribution in [0.1, 0.15) is 52.8 Å². The first-order valence-electron chi connectivity index (χ1n) is 8.80. The Morgan fingerprint density at radius 2 is 1.73 bits per heavy atom. The van der Waals surface area contributed by atoms with Gasteiger partial charge in [-0.25, -0.2) is 0 Å². The van der Waals surface area contributed by atoms with E-state index in [0.717, 1.165) is 38.3 Å². The number of hydrogen-bond donors (Lipinski definition) is 0. The lowest BCUT2D eigenvalue weighted by Crippen LogP contribution is -2.43. The summed E-state index contributed by atoms with van der Waals surface area (Å²) < 4.78 is 0. The largest absolute Gasteiger partial charge is 0.367 e. The molecule has 22 heavy (non-hydrogen) atoms. The van der Waals surface area contributed by atoms with E-state index in [1.165, 1.54) is 11.3 Å². The maximum Gasteiger partial charge on any atom is 0.0891 e. The molecule has 1 aromatic rings. The summed E-state index contributed by atoms with van der Waals surface area (Å²) in [7, 11) is 2.19. The van der Waals surface area contributed by atoms with Gasteiger partial charge in [-0.2, -0.15) is 0 Å². The Labute approximate surface area is 138 Å². The predicted molar refractivity (Wildman–Crippen MR) is 99.0 cm³/mol. The molecule has 1 aliphatic rings. The van der Waals surface area contributed by atoms with Gasteiger partial charge < -0.3 is 9.80 Å². The molecule has 2 rings (SSSR count). The van der Waals surface area contributed by atoms with Crippen LogP contribution >= 0.6 is 0 Å². The van der Waals surface area contributed by atoms with Gasteiger partial charge in [-0.3, -0.25) is 4.98 Å². The van der Waals surface area contributed by atoms with Gasteiger partial charge in [0.15, 0.2) is 0 Å². The van der Waals surface area contributed by atoms with Crippen molar-refractivity contribution in [3.05, 3.63) is 35.7 Å². The van der Waals surface area contributed by atoms with Gasteiger partial charge in [0.2, 0.25) is 0 Å². The average molecular weight is 306 g/mol. The Balaban J connectivity index is 0.00000102. The first-order chi connectivity index (χ1) is 10.8. The van der Waals surface area contributed by atoms with Crippen molar-refractivity contribution in [2.24, 2.45) is 0 Å². The summed E-state index contributed by atoms with van der Waals surface area (Å²) in [6.45, 7) is 16.8. The van der Waals surface area contributed by atoms with Gasteiger partial charge in [-0.15, -0.1) is 0 Å². The first-order valence-corrected chi connectivity index (χ1v) is 8.80. The fourth-order valence-electron chi connectivity index (χ4n) is 2.47. The van der Waals surface area contributed by atoms with E-state index < -0.39 is 0 Å². The highest BCUT2D eigenvalue weighted by Gasteiger charge is 2.19. The lowest BCUT2D eigenvalue weighted by Gasteiger charge is -2.35. The molecule has 0 unspecified atom stereocenters. The highest BCUT2D eigenvalue weighted by Crippen LogP contribution is 2.22. The fourth-order valence-corrected chi connectivity index (χ4v) is 2.47. The third-order valence-electron chi connectivity index (χ3n) is 3.63. The summed E-state index contributed by atoms with van der Waals surface area (Å²) in [5.74, 6) is 0. The zero-order valence-corrected chi connectivity index (χ0v) is 15.7. The number of piperazine rings is 1. The van der Waals surface area contributed by atoms with E-state index in [-0.39, 0.29) is 0 Å². The zero-order valence-electron chi connectivity index (χ0n) is 15.7. The number of rotatable bonds is 3. The zero-order chi connectivity index (χ0) is 17.0. The minimum atomic E-state index is 1.04. The minimum absolute atomic E-state index is 1.04. The number of aryl methyl sites for hydroxylation is 1. The summed E-state index contributed by atoms with van der Waals surface area (Å²) in [6, 6.07) is 4.21. The van der Waals surface area contributed by atoms with Crippen molar-refractivity contribution >= 4 is 5.70 Å². The second-order valence-electron chi connectivity index (χ2n) is 4.83. The molecule has 0 atom stereocenters. The topological polar surface area (TPSA) is 19.4 Å². The van der Waals surface area contributed by atoms with Crippen molar-refractivity contribution in [1.29, 1.82) is 0 Å². The van der Waals surface area contributed by atoms with Crippen LogP contribution in [0.2, 0.25) is 0 Å². The Morgan fingerprint density at radius 1 is 1.14 bits per heavy atom. The minimum Gasteiger partial charge on any atom is -0.367 e. The van der Waals surface area contributed by atoms with Gasteiger partial charge in [0, 0.05) is 32.4 Å². The third kappa shape index (κ3) is 5.80. The van der Waals surface area contributed by atoms with E-state index in [1.54, 1.807) is 0 Å². The molecule has 0 radical (unpaired) electrons. The van der Waals surface area contributed by atoms with E-state index in [0.29, 0.717) is 0 Å². The monoisotopic (exact) mass is 305 g/mol. The molecule has 0 saturated carbocycles. The Bertz CT molecular complexity index is 418. The maximum atomic E-state index is 4.59. The summed E-state index contributed by atoms with van der Waals surface area (Å²) in [5, 5.41) is 0. The molecule has 0 N–H and O–H groups in total. The number of pyridine rings is 1. The van der Waals surface area contributed by atoms with Crippen LogP contribution in [0.3, 0.4) is 0 Å². The molecule has 0 aliphatic carbocycles. The van der Waals surface area contributed by atoms with Crippen LogP contribution in [-0.4, -0.2) is 48.0 Å². The van der Waals surface area contributed by atoms with E-state index in [2.05, 4.69) is 47.8 Å². The number of aromatic nitrogens is 1. The quantitative estimate of drug-likeness (QED) is 0.830. The van der Waals surface area contributed by atoms with Gasteiger partial charge in [-0.1, -0.05) is 46.8 Å². The van der Waals surface area contributed by atoms with Crippen LogP contribution in [-0.2, 0) is 6.42 Å². The molecule has 1 saturated heterocycles. The Morgan fingerprint density at radius 3 is 2.23 bits per heavy atom. The van der Waals surface area contributed by atoms with Gasteiger partial charge in [0.25, 0.3) is 0 Å². The van der Waals surface area contributed by atoms with Crippen molar-refractivity contribution in [3.63, 3.8) is 0 Å². The van der Waals surface area contributed by atoms with Crippen LogP contribution in [0, 0.1) is 0 Å². The second kappa shape index (κ2) is 12.2. The van der Waals surface area contributed by atoms with Gasteiger partial charge in [-0.05, 0) is 32.0 Å². The highest BCUT2D eigenvalue weighted by atomic mass is 15.3. The van der Waals surface area contributed by atoms with E-state index in [4.69, 9.17) is 0 Å². The summed E-state index contributed by atoms with van der Waals surface area (Å²) in [6.07, 6.45) is 5.13. The van der Waals surface area contributed by atoms with Gasteiger partial charge >= 0.3 is 0 Å². The molecule has 0 aromatic carbocycles. The van der Waals surface area contributed by atoms with Crippen LogP contribution in [0.25, 0.3) is 5.70 Å². The van der Waals surface area contributed by atoms with Crippen molar-refractivity contribution in [1.82, 2.24) is 14.8 Å². The van der Waals surface area contributed by atoms with Crippen LogP contribution in [0.15, 0.2) is 24.4 Å². The molecule has 3 nitrogen and oxygen atoms in total.